The molecular formula is C20H22N4O5S. The fraction of sp³-hybridized carbons (Fsp3) is 0.250. The van der Waals surface area contributed by atoms with Crippen LogP contribution in [0, 0.1) is 10.1 Å². The highest BCUT2D eigenvalue weighted by Crippen LogP contribution is 2.28. The molecule has 0 aliphatic rings. The minimum Gasteiger partial charge on any atom is -0.483 e. The number of nitrogens with one attached hydrogen (secondary N) is 3. The normalized spacial score (nSPS) is 11.1. The molecule has 0 bridgehead atoms. The average Bonchev–Trinajstić information content (AvgIpc) is 2.75. The molecule has 0 aliphatic heterocycles. The first-order chi connectivity index (χ1) is 14.3. The van der Waals surface area contributed by atoms with Gasteiger partial charge in [-0.25, -0.2) is 0 Å². The Kier molecular flexibility index (Phi) is 8.24. The van der Waals surface area contributed by atoms with Gasteiger partial charge in [-0.05, 0) is 48.3 Å². The number of hydrogen-bond donors (Lipinski definition) is 3. The first-order valence-corrected chi connectivity index (χ1v) is 9.59. The van der Waals surface area contributed by atoms with Crippen LogP contribution in [-0.4, -0.2) is 28.5 Å². The van der Waals surface area contributed by atoms with E-state index >= 15 is 0 Å². The Bertz CT molecular complexity index is 933. The summed E-state index contributed by atoms with van der Waals surface area (Å²) in [6.45, 7) is 3.92. The summed E-state index contributed by atoms with van der Waals surface area (Å²) in [5.41, 5.74) is 5.82. The number of rotatable bonds is 7. The number of amides is 2. The van der Waals surface area contributed by atoms with Gasteiger partial charge in [-0.3, -0.25) is 35.9 Å². The van der Waals surface area contributed by atoms with Crippen molar-refractivity contribution in [1.29, 1.82) is 0 Å². The highest BCUT2D eigenvalue weighted by Gasteiger charge is 2.13. The van der Waals surface area contributed by atoms with Gasteiger partial charge in [0.05, 0.1) is 4.92 Å². The lowest BCUT2D eigenvalue weighted by Crippen LogP contribution is -2.49. The van der Waals surface area contributed by atoms with Crippen molar-refractivity contribution < 1.29 is 19.2 Å². The van der Waals surface area contributed by atoms with Gasteiger partial charge in [0.2, 0.25) is 0 Å². The molecule has 0 saturated carbocycles. The standard InChI is InChI=1S/C20H22N4O5S/c1-3-13(2)16-6-4-5-7-17(16)29-12-18(25)22-23-20(30)21-19(26)14-8-10-15(11-9-14)24(27)28/h4-11,13H,3,12H2,1-2H3,(H,22,25)(H2,21,23,26,30). The van der Waals surface area contributed by atoms with Gasteiger partial charge < -0.3 is 4.74 Å². The first kappa shape index (κ1) is 22.8. The van der Waals surface area contributed by atoms with Crippen molar-refractivity contribution in [3.8, 4) is 5.75 Å². The summed E-state index contributed by atoms with van der Waals surface area (Å²) in [5, 5.41) is 12.9. The molecule has 158 valence electrons. The van der Waals surface area contributed by atoms with Crippen molar-refractivity contribution in [2.75, 3.05) is 6.61 Å². The van der Waals surface area contributed by atoms with Crippen LogP contribution in [0.2, 0.25) is 0 Å². The highest BCUT2D eigenvalue weighted by molar-refractivity contribution is 7.80. The molecule has 2 rings (SSSR count). The zero-order valence-corrected chi connectivity index (χ0v) is 17.3. The van der Waals surface area contributed by atoms with Crippen LogP contribution in [0.5, 0.6) is 5.75 Å². The number of nitro groups is 1. The zero-order valence-electron chi connectivity index (χ0n) is 16.5. The number of hydrazine groups is 1. The van der Waals surface area contributed by atoms with E-state index in [1.165, 1.54) is 24.3 Å². The Hall–Kier alpha value is -3.53. The SMILES string of the molecule is CCC(C)c1ccccc1OCC(=O)NNC(=S)NC(=O)c1ccc([N+](=O)[O-])cc1. The molecule has 0 aliphatic carbocycles. The molecule has 0 heterocycles. The molecule has 0 radical (unpaired) electrons. The molecule has 0 fully saturated rings. The molecule has 10 heteroatoms. The number of thiocarbonyl (C=S) groups is 1. The van der Waals surface area contributed by atoms with Gasteiger partial charge in [0.1, 0.15) is 5.75 Å². The Morgan fingerprint density at radius 2 is 1.80 bits per heavy atom. The van der Waals surface area contributed by atoms with E-state index in [9.17, 15) is 19.7 Å². The number of nitro benzene ring substituents is 1. The molecule has 0 saturated heterocycles. The number of non-ortho nitro benzene ring substituents is 1. The van der Waals surface area contributed by atoms with Gasteiger partial charge in [0.25, 0.3) is 17.5 Å². The molecule has 2 aromatic carbocycles. The number of hydrogen-bond acceptors (Lipinski definition) is 6. The number of para-hydroxylation sites is 1. The number of ether oxygens (including phenoxy) is 1. The monoisotopic (exact) mass is 430 g/mol. The molecular weight excluding hydrogens is 408 g/mol. The van der Waals surface area contributed by atoms with Gasteiger partial charge in [-0.15, -0.1) is 0 Å². The Labute approximate surface area is 178 Å². The van der Waals surface area contributed by atoms with E-state index < -0.39 is 16.7 Å². The van der Waals surface area contributed by atoms with Crippen LogP contribution in [0.4, 0.5) is 5.69 Å². The molecule has 1 atom stereocenters. The average molecular weight is 430 g/mol. The molecule has 2 amide bonds. The topological polar surface area (TPSA) is 123 Å². The fourth-order valence-electron chi connectivity index (χ4n) is 2.49. The smallest absolute Gasteiger partial charge is 0.276 e. The van der Waals surface area contributed by atoms with Crippen LogP contribution in [0.15, 0.2) is 48.5 Å². The Balaban J connectivity index is 1.80. The Morgan fingerprint density at radius 1 is 1.13 bits per heavy atom. The van der Waals surface area contributed by atoms with E-state index in [0.29, 0.717) is 11.7 Å². The number of carbonyl (C=O) groups is 2. The van der Waals surface area contributed by atoms with E-state index in [-0.39, 0.29) is 23.0 Å². The number of carbonyl (C=O) groups excluding carboxylic acids is 2. The summed E-state index contributed by atoms with van der Waals surface area (Å²) in [6, 6.07) is 12.5. The second-order valence-corrected chi connectivity index (χ2v) is 6.80. The largest absolute Gasteiger partial charge is 0.483 e. The molecule has 0 aromatic heterocycles. The van der Waals surface area contributed by atoms with Crippen molar-refractivity contribution in [3.05, 3.63) is 69.8 Å². The van der Waals surface area contributed by atoms with Crippen LogP contribution in [0.1, 0.15) is 42.1 Å². The predicted molar refractivity (Wildman–Crippen MR) is 115 cm³/mol. The summed E-state index contributed by atoms with van der Waals surface area (Å²) < 4.78 is 5.60. The molecule has 2 aromatic rings. The minimum absolute atomic E-state index is 0.130. The fourth-order valence-corrected chi connectivity index (χ4v) is 2.63. The van der Waals surface area contributed by atoms with Crippen molar-refractivity contribution in [1.82, 2.24) is 16.2 Å². The summed E-state index contributed by atoms with van der Waals surface area (Å²) in [5.74, 6) is -0.128. The molecule has 0 spiro atoms. The maximum atomic E-state index is 12.1. The van der Waals surface area contributed by atoms with Crippen molar-refractivity contribution in [2.45, 2.75) is 26.2 Å². The highest BCUT2D eigenvalue weighted by atomic mass is 32.1. The van der Waals surface area contributed by atoms with Crippen LogP contribution >= 0.6 is 12.2 Å². The van der Waals surface area contributed by atoms with Crippen LogP contribution < -0.4 is 20.9 Å². The summed E-state index contributed by atoms with van der Waals surface area (Å²) in [7, 11) is 0. The molecule has 3 N–H and O–H groups in total. The molecule has 9 nitrogen and oxygen atoms in total. The van der Waals surface area contributed by atoms with E-state index in [0.717, 1.165) is 12.0 Å². The molecule has 1 unspecified atom stereocenters. The zero-order chi connectivity index (χ0) is 22.1. The van der Waals surface area contributed by atoms with Crippen LogP contribution in [-0.2, 0) is 4.79 Å². The summed E-state index contributed by atoms with van der Waals surface area (Å²) >= 11 is 4.96. The van der Waals surface area contributed by atoms with E-state index in [1.54, 1.807) is 6.07 Å². The maximum absolute atomic E-state index is 12.1. The van der Waals surface area contributed by atoms with Gasteiger partial charge >= 0.3 is 0 Å². The minimum atomic E-state index is -0.574. The maximum Gasteiger partial charge on any atom is 0.276 e. The van der Waals surface area contributed by atoms with E-state index in [2.05, 4.69) is 30.0 Å². The lowest BCUT2D eigenvalue weighted by atomic mass is 9.98. The van der Waals surface area contributed by atoms with Crippen LogP contribution in [0.3, 0.4) is 0 Å². The van der Waals surface area contributed by atoms with E-state index in [4.69, 9.17) is 17.0 Å². The molecule has 30 heavy (non-hydrogen) atoms. The van der Waals surface area contributed by atoms with Gasteiger partial charge in [0.15, 0.2) is 11.7 Å². The lowest BCUT2D eigenvalue weighted by molar-refractivity contribution is -0.384. The summed E-state index contributed by atoms with van der Waals surface area (Å²) in [4.78, 5) is 34.2. The van der Waals surface area contributed by atoms with Gasteiger partial charge in [0, 0.05) is 17.7 Å². The number of nitrogens with zero attached hydrogens (tertiary/aromatic N) is 1. The quantitative estimate of drug-likeness (QED) is 0.351. The lowest BCUT2D eigenvalue weighted by Gasteiger charge is -2.16. The van der Waals surface area contributed by atoms with Gasteiger partial charge in [-0.2, -0.15) is 0 Å². The van der Waals surface area contributed by atoms with Crippen molar-refractivity contribution in [2.24, 2.45) is 0 Å². The second kappa shape index (κ2) is 10.9. The third kappa shape index (κ3) is 6.52. The first-order valence-electron chi connectivity index (χ1n) is 9.18. The van der Waals surface area contributed by atoms with Crippen molar-refractivity contribution in [3.63, 3.8) is 0 Å². The summed E-state index contributed by atoms with van der Waals surface area (Å²) in [6.07, 6.45) is 0.941. The predicted octanol–water partition coefficient (Wildman–Crippen LogP) is 2.82. The third-order valence-electron chi connectivity index (χ3n) is 4.30. The van der Waals surface area contributed by atoms with Crippen LogP contribution in [0.25, 0.3) is 0 Å². The number of benzene rings is 2. The third-order valence-corrected chi connectivity index (χ3v) is 4.51. The van der Waals surface area contributed by atoms with Gasteiger partial charge in [-0.1, -0.05) is 32.0 Å². The Morgan fingerprint density at radius 3 is 2.43 bits per heavy atom. The van der Waals surface area contributed by atoms with Crippen molar-refractivity contribution >= 4 is 34.8 Å². The van der Waals surface area contributed by atoms with E-state index in [1.807, 2.05) is 18.2 Å². The second-order valence-electron chi connectivity index (χ2n) is 6.40.